The van der Waals surface area contributed by atoms with Crippen LogP contribution < -0.4 is 0 Å². The third-order valence-electron chi connectivity index (χ3n) is 4.86. The lowest BCUT2D eigenvalue weighted by Gasteiger charge is -2.39. The van der Waals surface area contributed by atoms with Gasteiger partial charge in [-0.05, 0) is 13.5 Å². The standard InChI is InChI=1S/C14H31N5O4S2/c1-4-5-6-16(3)24(20,21)17-11-13-19(14-12-17)25(22,23)18-9-7-15(2)8-10-18/h4-14H2,1-3H3. The number of hydrogen-bond acceptors (Lipinski definition) is 5. The SMILES string of the molecule is CCCCN(C)S(=O)(=O)N1CCN(S(=O)(=O)N2CCN(C)CC2)CC1. The molecule has 0 unspecified atom stereocenters. The van der Waals surface area contributed by atoms with Crippen molar-refractivity contribution < 1.29 is 16.8 Å². The molecular formula is C14H31N5O4S2. The molecule has 0 radical (unpaired) electrons. The first-order chi connectivity index (χ1) is 11.7. The minimum Gasteiger partial charge on any atom is -0.304 e. The largest absolute Gasteiger partial charge is 0.304 e. The van der Waals surface area contributed by atoms with E-state index >= 15 is 0 Å². The van der Waals surface area contributed by atoms with E-state index in [0.29, 0.717) is 19.6 Å². The third kappa shape index (κ3) is 4.90. The van der Waals surface area contributed by atoms with Crippen LogP contribution in [0.5, 0.6) is 0 Å². The van der Waals surface area contributed by atoms with Gasteiger partial charge in [-0.15, -0.1) is 0 Å². The van der Waals surface area contributed by atoms with E-state index in [9.17, 15) is 16.8 Å². The number of rotatable bonds is 7. The van der Waals surface area contributed by atoms with Crippen LogP contribution in [0.3, 0.4) is 0 Å². The smallest absolute Gasteiger partial charge is 0.282 e. The zero-order chi connectivity index (χ0) is 18.7. The molecule has 0 aliphatic carbocycles. The molecule has 11 heteroatoms. The molecule has 148 valence electrons. The topological polar surface area (TPSA) is 84.5 Å². The van der Waals surface area contributed by atoms with Gasteiger partial charge in [-0.3, -0.25) is 0 Å². The van der Waals surface area contributed by atoms with Crippen molar-refractivity contribution in [3.8, 4) is 0 Å². The van der Waals surface area contributed by atoms with Crippen molar-refractivity contribution in [2.24, 2.45) is 0 Å². The van der Waals surface area contributed by atoms with Crippen molar-refractivity contribution in [2.45, 2.75) is 19.8 Å². The summed E-state index contributed by atoms with van der Waals surface area (Å²) in [6, 6.07) is 0. The van der Waals surface area contributed by atoms with Gasteiger partial charge in [-0.1, -0.05) is 13.3 Å². The quantitative estimate of drug-likeness (QED) is 0.554. The van der Waals surface area contributed by atoms with Gasteiger partial charge in [0.15, 0.2) is 0 Å². The highest BCUT2D eigenvalue weighted by molar-refractivity contribution is 7.87. The first kappa shape index (κ1) is 21.0. The lowest BCUT2D eigenvalue weighted by molar-refractivity contribution is 0.199. The van der Waals surface area contributed by atoms with Crippen LogP contribution in [0.15, 0.2) is 0 Å². The number of likely N-dealkylation sites (N-methyl/N-ethyl adjacent to an activating group) is 1. The summed E-state index contributed by atoms with van der Waals surface area (Å²) >= 11 is 0. The van der Waals surface area contributed by atoms with Gasteiger partial charge in [-0.25, -0.2) is 0 Å². The van der Waals surface area contributed by atoms with E-state index < -0.39 is 20.4 Å². The Hall–Kier alpha value is -0.300. The Morgan fingerprint density at radius 3 is 1.72 bits per heavy atom. The fourth-order valence-corrected chi connectivity index (χ4v) is 5.96. The number of hydrogen-bond donors (Lipinski definition) is 0. The lowest BCUT2D eigenvalue weighted by Crippen LogP contribution is -2.58. The van der Waals surface area contributed by atoms with Gasteiger partial charge in [0.05, 0.1) is 0 Å². The Morgan fingerprint density at radius 2 is 1.24 bits per heavy atom. The van der Waals surface area contributed by atoms with Crippen LogP contribution in [-0.4, -0.2) is 112 Å². The minimum absolute atomic E-state index is 0.200. The normalized spacial score (nSPS) is 23.4. The summed E-state index contributed by atoms with van der Waals surface area (Å²) in [5, 5.41) is 0. The van der Waals surface area contributed by atoms with E-state index in [1.807, 2.05) is 14.0 Å². The molecule has 2 rings (SSSR count). The molecular weight excluding hydrogens is 366 g/mol. The maximum absolute atomic E-state index is 12.7. The summed E-state index contributed by atoms with van der Waals surface area (Å²) in [7, 11) is -3.46. The molecule has 2 saturated heterocycles. The number of nitrogens with zero attached hydrogens (tertiary/aromatic N) is 5. The third-order valence-corrected chi connectivity index (χ3v) is 8.88. The number of unbranched alkanes of at least 4 members (excludes halogenated alkanes) is 1. The second-order valence-corrected chi connectivity index (χ2v) is 10.7. The molecule has 0 spiro atoms. The molecule has 2 aliphatic rings. The Kier molecular flexibility index (Phi) is 7.22. The molecule has 2 fully saturated rings. The van der Waals surface area contributed by atoms with E-state index in [4.69, 9.17) is 0 Å². The van der Waals surface area contributed by atoms with Crippen molar-refractivity contribution in [3.05, 3.63) is 0 Å². The molecule has 0 amide bonds. The molecule has 2 heterocycles. The molecule has 2 aliphatic heterocycles. The molecule has 0 aromatic heterocycles. The van der Waals surface area contributed by atoms with Crippen LogP contribution in [0.1, 0.15) is 19.8 Å². The monoisotopic (exact) mass is 397 g/mol. The van der Waals surface area contributed by atoms with Crippen LogP contribution in [0.2, 0.25) is 0 Å². The molecule has 25 heavy (non-hydrogen) atoms. The fraction of sp³-hybridized carbons (Fsp3) is 1.00. The Morgan fingerprint density at radius 1 is 0.800 bits per heavy atom. The molecule has 0 saturated carbocycles. The van der Waals surface area contributed by atoms with Gasteiger partial charge in [0, 0.05) is 66.0 Å². The zero-order valence-electron chi connectivity index (χ0n) is 15.5. The average Bonchev–Trinajstić information content (AvgIpc) is 2.60. The molecule has 9 nitrogen and oxygen atoms in total. The Labute approximate surface area is 152 Å². The van der Waals surface area contributed by atoms with Crippen LogP contribution in [0, 0.1) is 0 Å². The summed E-state index contributed by atoms with van der Waals surface area (Å²) in [5.41, 5.74) is 0. The van der Waals surface area contributed by atoms with Gasteiger partial charge < -0.3 is 4.90 Å². The van der Waals surface area contributed by atoms with Crippen LogP contribution in [-0.2, 0) is 20.4 Å². The van der Waals surface area contributed by atoms with Gasteiger partial charge in [0.1, 0.15) is 0 Å². The lowest BCUT2D eigenvalue weighted by atomic mass is 10.3. The van der Waals surface area contributed by atoms with Crippen molar-refractivity contribution in [2.75, 3.05) is 73.0 Å². The summed E-state index contributed by atoms with van der Waals surface area (Å²) in [6.45, 7) is 5.71. The van der Waals surface area contributed by atoms with Crippen molar-refractivity contribution in [1.29, 1.82) is 0 Å². The van der Waals surface area contributed by atoms with Gasteiger partial charge >= 0.3 is 0 Å². The highest BCUT2D eigenvalue weighted by atomic mass is 32.2. The second-order valence-electron chi connectivity index (χ2n) is 6.69. The summed E-state index contributed by atoms with van der Waals surface area (Å²) < 4.78 is 56.2. The van der Waals surface area contributed by atoms with Gasteiger partial charge in [-0.2, -0.15) is 34.1 Å². The predicted octanol–water partition coefficient (Wildman–Crippen LogP) is -0.927. The van der Waals surface area contributed by atoms with Crippen molar-refractivity contribution in [3.63, 3.8) is 0 Å². The molecule has 0 atom stereocenters. The van der Waals surface area contributed by atoms with E-state index in [0.717, 1.165) is 25.9 Å². The van der Waals surface area contributed by atoms with Gasteiger partial charge in [0.25, 0.3) is 20.4 Å². The molecule has 0 N–H and O–H groups in total. The summed E-state index contributed by atoms with van der Waals surface area (Å²) in [4.78, 5) is 2.10. The molecule has 0 aromatic rings. The van der Waals surface area contributed by atoms with Crippen LogP contribution in [0.25, 0.3) is 0 Å². The first-order valence-electron chi connectivity index (χ1n) is 8.84. The first-order valence-corrected chi connectivity index (χ1v) is 11.6. The van der Waals surface area contributed by atoms with Gasteiger partial charge in [0.2, 0.25) is 0 Å². The fourth-order valence-electron chi connectivity index (χ4n) is 3.01. The van der Waals surface area contributed by atoms with E-state index in [1.54, 1.807) is 7.05 Å². The maximum atomic E-state index is 12.7. The predicted molar refractivity (Wildman–Crippen MR) is 97.6 cm³/mol. The van der Waals surface area contributed by atoms with Crippen molar-refractivity contribution in [1.82, 2.24) is 22.1 Å². The van der Waals surface area contributed by atoms with Crippen LogP contribution in [0.4, 0.5) is 0 Å². The second kappa shape index (κ2) is 8.59. The Bertz CT molecular complexity index is 624. The summed E-state index contributed by atoms with van der Waals surface area (Å²) in [5.74, 6) is 0. The van der Waals surface area contributed by atoms with E-state index in [2.05, 4.69) is 4.90 Å². The highest BCUT2D eigenvalue weighted by Gasteiger charge is 2.37. The molecule has 0 aromatic carbocycles. The van der Waals surface area contributed by atoms with Crippen molar-refractivity contribution >= 4 is 20.4 Å². The maximum Gasteiger partial charge on any atom is 0.282 e. The zero-order valence-corrected chi connectivity index (χ0v) is 17.1. The van der Waals surface area contributed by atoms with E-state index in [-0.39, 0.29) is 26.2 Å². The van der Waals surface area contributed by atoms with Crippen LogP contribution >= 0.6 is 0 Å². The highest BCUT2D eigenvalue weighted by Crippen LogP contribution is 2.17. The molecule has 0 bridgehead atoms. The number of piperazine rings is 2. The minimum atomic E-state index is -3.51. The Balaban J connectivity index is 1.94. The van der Waals surface area contributed by atoms with E-state index in [1.165, 1.54) is 17.2 Å². The average molecular weight is 398 g/mol. The summed E-state index contributed by atoms with van der Waals surface area (Å²) in [6.07, 6.45) is 1.74.